The highest BCUT2D eigenvalue weighted by molar-refractivity contribution is 7.80. The molecule has 0 spiro atoms. The lowest BCUT2D eigenvalue weighted by atomic mass is 10.0. The molecule has 3 aromatic carbocycles. The minimum Gasteiger partial charge on any atom is -0.309 e. The van der Waals surface area contributed by atoms with Crippen molar-refractivity contribution in [3.8, 4) is 5.69 Å². The summed E-state index contributed by atoms with van der Waals surface area (Å²) in [6, 6.07) is 22.4. The Balaban J connectivity index is 1.97. The molecule has 0 N–H and O–H groups in total. The Morgan fingerprint density at radius 2 is 1.21 bits per heavy atom. The van der Waals surface area contributed by atoms with Gasteiger partial charge in [0.25, 0.3) is 0 Å². The zero-order valence-electron chi connectivity index (χ0n) is 16.1. The predicted molar refractivity (Wildman–Crippen MR) is 126 cm³/mol. The number of thiol groups is 1. The largest absolute Gasteiger partial charge is 0.309 e. The van der Waals surface area contributed by atoms with Crippen LogP contribution >= 0.6 is 12.6 Å². The van der Waals surface area contributed by atoms with E-state index in [1.807, 2.05) is 12.2 Å². The van der Waals surface area contributed by atoms with Gasteiger partial charge in [-0.1, -0.05) is 36.4 Å². The molecule has 140 valence electrons. The fourth-order valence-electron chi connectivity index (χ4n) is 3.92. The molecule has 0 unspecified atom stereocenters. The number of benzene rings is 3. The van der Waals surface area contributed by atoms with Crippen LogP contribution in [0.2, 0.25) is 0 Å². The Labute approximate surface area is 172 Å². The van der Waals surface area contributed by atoms with E-state index in [2.05, 4.69) is 91.0 Å². The Morgan fingerprint density at radius 3 is 1.68 bits per heavy atom. The predicted octanol–water partition coefficient (Wildman–Crippen LogP) is 6.71. The Bertz CT molecular complexity index is 1080. The number of rotatable bonds is 7. The van der Waals surface area contributed by atoms with Gasteiger partial charge >= 0.3 is 0 Å². The zero-order valence-corrected chi connectivity index (χ0v) is 17.0. The van der Waals surface area contributed by atoms with Crippen molar-refractivity contribution in [3.63, 3.8) is 0 Å². The highest BCUT2D eigenvalue weighted by Crippen LogP contribution is 2.33. The molecule has 1 nitrogen and oxygen atoms in total. The van der Waals surface area contributed by atoms with E-state index in [1.54, 1.807) is 0 Å². The molecule has 0 atom stereocenters. The first-order chi connectivity index (χ1) is 13.7. The van der Waals surface area contributed by atoms with Crippen LogP contribution in [0.3, 0.4) is 0 Å². The maximum Gasteiger partial charge on any atom is 0.0541 e. The van der Waals surface area contributed by atoms with Gasteiger partial charge in [-0.2, -0.15) is 12.6 Å². The summed E-state index contributed by atoms with van der Waals surface area (Å²) in [6.07, 6.45) is 6.68. The van der Waals surface area contributed by atoms with Crippen molar-refractivity contribution < 1.29 is 0 Å². The minimum absolute atomic E-state index is 0.868. The third-order valence-corrected chi connectivity index (χ3v) is 5.47. The Morgan fingerprint density at radius 1 is 0.714 bits per heavy atom. The number of hydrogen-bond acceptors (Lipinski definition) is 1. The molecule has 28 heavy (non-hydrogen) atoms. The zero-order chi connectivity index (χ0) is 19.5. The third kappa shape index (κ3) is 3.41. The molecule has 4 aromatic rings. The van der Waals surface area contributed by atoms with Crippen molar-refractivity contribution in [1.82, 2.24) is 4.57 Å². The second-order valence-corrected chi connectivity index (χ2v) is 7.61. The van der Waals surface area contributed by atoms with E-state index in [0.29, 0.717) is 0 Å². The van der Waals surface area contributed by atoms with E-state index in [-0.39, 0.29) is 0 Å². The molecule has 0 saturated heterocycles. The Kier molecular flexibility index (Phi) is 5.40. The molecular formula is C26H25NS. The number of nitrogens with zero attached hydrogens (tertiary/aromatic N) is 1. The van der Waals surface area contributed by atoms with Gasteiger partial charge < -0.3 is 4.57 Å². The quantitative estimate of drug-likeness (QED) is 0.267. The van der Waals surface area contributed by atoms with Gasteiger partial charge in [0.1, 0.15) is 0 Å². The molecule has 0 aliphatic carbocycles. The smallest absolute Gasteiger partial charge is 0.0541 e. The second-order valence-electron chi connectivity index (χ2n) is 7.16. The summed E-state index contributed by atoms with van der Waals surface area (Å²) in [7, 11) is 0. The molecule has 0 amide bonds. The monoisotopic (exact) mass is 383 g/mol. The van der Waals surface area contributed by atoms with Crippen LogP contribution in [0.1, 0.15) is 16.7 Å². The number of hydrogen-bond donors (Lipinski definition) is 1. The lowest BCUT2D eigenvalue weighted by molar-refractivity contribution is 1.13. The number of aryl methyl sites for hydroxylation is 1. The maximum absolute atomic E-state index is 4.35. The molecule has 2 heteroatoms. The van der Waals surface area contributed by atoms with Gasteiger partial charge in [-0.3, -0.25) is 0 Å². The number of aromatic nitrogens is 1. The first kappa shape index (κ1) is 18.6. The van der Waals surface area contributed by atoms with Crippen molar-refractivity contribution >= 4 is 34.4 Å². The SMILES string of the molecule is C=CCc1ccc2c(c1)c1cc(CC=C)ccc1n2-c1ccc(CCS)cc1. The van der Waals surface area contributed by atoms with Crippen molar-refractivity contribution in [3.05, 3.63) is 103 Å². The first-order valence-electron chi connectivity index (χ1n) is 9.73. The molecule has 4 rings (SSSR count). The molecule has 0 saturated carbocycles. The molecule has 0 fully saturated rings. The van der Waals surface area contributed by atoms with Gasteiger partial charge in [-0.25, -0.2) is 0 Å². The fourth-order valence-corrected chi connectivity index (χ4v) is 4.18. The lowest BCUT2D eigenvalue weighted by Crippen LogP contribution is -1.95. The normalized spacial score (nSPS) is 11.2. The first-order valence-corrected chi connectivity index (χ1v) is 10.4. The van der Waals surface area contributed by atoms with E-state index < -0.39 is 0 Å². The average Bonchev–Trinajstić information content (AvgIpc) is 3.03. The molecule has 0 aliphatic rings. The van der Waals surface area contributed by atoms with Crippen molar-refractivity contribution in [2.75, 3.05) is 5.75 Å². The summed E-state index contributed by atoms with van der Waals surface area (Å²) in [6.45, 7) is 7.78. The summed E-state index contributed by atoms with van der Waals surface area (Å²) in [5.74, 6) is 0.868. The van der Waals surface area contributed by atoms with Gasteiger partial charge in [0.2, 0.25) is 0 Å². The third-order valence-electron chi connectivity index (χ3n) is 5.25. The van der Waals surface area contributed by atoms with E-state index in [1.165, 1.54) is 44.2 Å². The van der Waals surface area contributed by atoms with Crippen LogP contribution in [0.4, 0.5) is 0 Å². The number of fused-ring (bicyclic) bond motifs is 3. The summed E-state index contributed by atoms with van der Waals surface area (Å²) in [4.78, 5) is 0. The fraction of sp³-hybridized carbons (Fsp3) is 0.154. The van der Waals surface area contributed by atoms with Gasteiger partial charge in [0.15, 0.2) is 0 Å². The van der Waals surface area contributed by atoms with Crippen LogP contribution in [-0.4, -0.2) is 10.3 Å². The molecule has 1 heterocycles. The van der Waals surface area contributed by atoms with Crippen molar-refractivity contribution in [2.45, 2.75) is 19.3 Å². The van der Waals surface area contributed by atoms with Crippen LogP contribution in [-0.2, 0) is 19.3 Å². The molecule has 0 bridgehead atoms. The van der Waals surface area contributed by atoms with Crippen molar-refractivity contribution in [2.24, 2.45) is 0 Å². The highest BCUT2D eigenvalue weighted by atomic mass is 32.1. The molecule has 0 radical (unpaired) electrons. The summed E-state index contributed by atoms with van der Waals surface area (Å²) in [5.41, 5.74) is 7.57. The average molecular weight is 384 g/mol. The van der Waals surface area contributed by atoms with Gasteiger partial charge in [0.05, 0.1) is 11.0 Å². The van der Waals surface area contributed by atoms with Crippen molar-refractivity contribution in [1.29, 1.82) is 0 Å². The van der Waals surface area contributed by atoms with Gasteiger partial charge in [-0.15, -0.1) is 13.2 Å². The Hall–Kier alpha value is -2.71. The minimum atomic E-state index is 0.868. The van der Waals surface area contributed by atoms with Crippen LogP contribution in [0.5, 0.6) is 0 Å². The van der Waals surface area contributed by atoms with E-state index in [9.17, 15) is 0 Å². The lowest BCUT2D eigenvalue weighted by Gasteiger charge is -2.09. The topological polar surface area (TPSA) is 4.93 Å². The van der Waals surface area contributed by atoms with Crippen LogP contribution in [0.25, 0.3) is 27.5 Å². The maximum atomic E-state index is 4.35. The molecule has 1 aromatic heterocycles. The van der Waals surface area contributed by atoms with E-state index in [4.69, 9.17) is 0 Å². The van der Waals surface area contributed by atoms with Crippen LogP contribution < -0.4 is 0 Å². The standard InChI is InChI=1S/C26H25NS/c1-3-5-20-9-13-25-23(17-20)24-18-21(6-4-2)10-14-26(24)27(25)22-11-7-19(8-12-22)15-16-28/h3-4,7-14,17-18,28H,1-2,5-6,15-16H2. The molecule has 0 aliphatic heterocycles. The summed E-state index contributed by atoms with van der Waals surface area (Å²) < 4.78 is 2.37. The van der Waals surface area contributed by atoms with E-state index in [0.717, 1.165) is 25.0 Å². The van der Waals surface area contributed by atoms with Gasteiger partial charge in [0, 0.05) is 16.5 Å². The summed E-state index contributed by atoms with van der Waals surface area (Å²) >= 11 is 4.35. The van der Waals surface area contributed by atoms with Crippen LogP contribution in [0.15, 0.2) is 86.0 Å². The molecular weight excluding hydrogens is 358 g/mol. The van der Waals surface area contributed by atoms with E-state index >= 15 is 0 Å². The van der Waals surface area contributed by atoms with Gasteiger partial charge in [-0.05, 0) is 78.1 Å². The second kappa shape index (κ2) is 8.12. The summed E-state index contributed by atoms with van der Waals surface area (Å²) in [5, 5.41) is 2.58. The highest BCUT2D eigenvalue weighted by Gasteiger charge is 2.13. The van der Waals surface area contributed by atoms with Crippen LogP contribution in [0, 0.1) is 0 Å². The number of allylic oxidation sites excluding steroid dienone is 2.